The van der Waals surface area contributed by atoms with Crippen molar-refractivity contribution in [3.8, 4) is 5.88 Å². The molecule has 0 unspecified atom stereocenters. The number of benzene rings is 1. The van der Waals surface area contributed by atoms with Gasteiger partial charge in [-0.15, -0.1) is 0 Å². The summed E-state index contributed by atoms with van der Waals surface area (Å²) in [4.78, 5) is 11.3. The Morgan fingerprint density at radius 1 is 1.00 bits per heavy atom. The molecule has 1 aromatic carbocycles. The fourth-order valence-corrected chi connectivity index (χ4v) is 4.77. The minimum Gasteiger partial charge on any atom is -0.477 e. The quantitative estimate of drug-likeness (QED) is 0.640. The summed E-state index contributed by atoms with van der Waals surface area (Å²) in [5.74, 6) is 2.76. The number of morpholine rings is 1. The Kier molecular flexibility index (Phi) is 7.28. The first-order valence-corrected chi connectivity index (χ1v) is 11.8. The predicted octanol–water partition coefficient (Wildman–Crippen LogP) is 5.43. The van der Waals surface area contributed by atoms with Gasteiger partial charge in [0.1, 0.15) is 0 Å². The maximum absolute atomic E-state index is 6.00. The molecular formula is C25H36N4O2. The lowest BCUT2D eigenvalue weighted by Gasteiger charge is -2.36. The molecule has 0 spiro atoms. The molecule has 0 radical (unpaired) electrons. The summed E-state index contributed by atoms with van der Waals surface area (Å²) in [5.41, 5.74) is 2.18. The summed E-state index contributed by atoms with van der Waals surface area (Å²) in [6, 6.07) is 10.3. The van der Waals surface area contributed by atoms with Crippen molar-refractivity contribution in [1.82, 2.24) is 9.97 Å². The van der Waals surface area contributed by atoms with Gasteiger partial charge in [-0.05, 0) is 62.8 Å². The van der Waals surface area contributed by atoms with Crippen LogP contribution in [0.1, 0.15) is 52.9 Å². The number of hydrogen-bond donors (Lipinski definition) is 1. The fraction of sp³-hybridized carbons (Fsp3) is 0.600. The molecule has 1 aliphatic heterocycles. The molecule has 6 nitrogen and oxygen atoms in total. The summed E-state index contributed by atoms with van der Waals surface area (Å²) in [5, 5.41) is 3.30. The normalized spacial score (nSPS) is 26.5. The van der Waals surface area contributed by atoms with Gasteiger partial charge in [-0.2, -0.15) is 4.98 Å². The highest BCUT2D eigenvalue weighted by Gasteiger charge is 2.22. The topological polar surface area (TPSA) is 59.5 Å². The molecule has 1 saturated heterocycles. The Hall–Kier alpha value is -2.34. The largest absolute Gasteiger partial charge is 0.477 e. The van der Waals surface area contributed by atoms with E-state index in [0.717, 1.165) is 31.3 Å². The van der Waals surface area contributed by atoms with E-state index in [9.17, 15) is 0 Å². The van der Waals surface area contributed by atoms with E-state index in [1.807, 2.05) is 6.07 Å². The summed E-state index contributed by atoms with van der Waals surface area (Å²) in [6.07, 6.45) is 8.75. The second kappa shape index (κ2) is 10.3. The molecule has 1 saturated carbocycles. The lowest BCUT2D eigenvalue weighted by atomic mass is 9.81. The Morgan fingerprint density at radius 3 is 2.35 bits per heavy atom. The molecule has 2 atom stereocenters. The van der Waals surface area contributed by atoms with Crippen LogP contribution in [0.2, 0.25) is 0 Å². The summed E-state index contributed by atoms with van der Waals surface area (Å²) >= 11 is 0. The number of nitrogens with zero attached hydrogens (tertiary/aromatic N) is 3. The van der Waals surface area contributed by atoms with E-state index < -0.39 is 0 Å². The van der Waals surface area contributed by atoms with Crippen LogP contribution in [-0.2, 0) is 4.74 Å². The Balaban J connectivity index is 1.30. The molecule has 1 aromatic heterocycles. The van der Waals surface area contributed by atoms with Crippen LogP contribution in [-0.4, -0.2) is 41.9 Å². The Morgan fingerprint density at radius 2 is 1.68 bits per heavy atom. The van der Waals surface area contributed by atoms with Crippen LogP contribution in [0.25, 0.3) is 0 Å². The molecule has 2 aliphatic rings. The zero-order valence-corrected chi connectivity index (χ0v) is 19.1. The van der Waals surface area contributed by atoms with Crippen LogP contribution in [0.3, 0.4) is 0 Å². The van der Waals surface area contributed by atoms with Gasteiger partial charge in [0.2, 0.25) is 11.8 Å². The number of ether oxygens (including phenoxy) is 2. The van der Waals surface area contributed by atoms with Gasteiger partial charge in [0, 0.05) is 36.7 Å². The molecule has 2 fully saturated rings. The van der Waals surface area contributed by atoms with Gasteiger partial charge in [0.15, 0.2) is 0 Å². The molecule has 4 rings (SSSR count). The third-order valence-corrected chi connectivity index (χ3v) is 6.55. The molecule has 0 amide bonds. The molecule has 6 heteroatoms. The van der Waals surface area contributed by atoms with E-state index in [0.29, 0.717) is 17.7 Å². The van der Waals surface area contributed by atoms with Crippen molar-refractivity contribution >= 4 is 17.3 Å². The number of hydrogen-bond acceptors (Lipinski definition) is 6. The molecule has 2 aromatic rings. The first kappa shape index (κ1) is 21.9. The van der Waals surface area contributed by atoms with Crippen molar-refractivity contribution in [3.05, 3.63) is 36.5 Å². The smallest absolute Gasteiger partial charge is 0.230 e. The van der Waals surface area contributed by atoms with Crippen LogP contribution >= 0.6 is 0 Å². The standard InChI is InChI=1S/C25H36N4O2/c1-4-20-5-7-21(8-6-20)17-30-24-13-14-26-25(28-24)27-22-9-11-23(12-10-22)29-15-18(2)31-19(3)16-29/h9-14,18-21H,4-8,15-17H2,1-3H3,(H,26,27,28)/t18-,19+,20?,21?. The monoisotopic (exact) mass is 424 g/mol. The average molecular weight is 425 g/mol. The van der Waals surface area contributed by atoms with Crippen molar-refractivity contribution in [3.63, 3.8) is 0 Å². The van der Waals surface area contributed by atoms with E-state index in [1.165, 1.54) is 37.8 Å². The highest BCUT2D eigenvalue weighted by atomic mass is 16.5. The van der Waals surface area contributed by atoms with Crippen LogP contribution < -0.4 is 15.0 Å². The van der Waals surface area contributed by atoms with Gasteiger partial charge in [0.25, 0.3) is 0 Å². The fourth-order valence-electron chi connectivity index (χ4n) is 4.77. The van der Waals surface area contributed by atoms with Gasteiger partial charge >= 0.3 is 0 Å². The van der Waals surface area contributed by atoms with Crippen molar-refractivity contribution in [2.75, 3.05) is 29.9 Å². The van der Waals surface area contributed by atoms with Crippen LogP contribution in [0, 0.1) is 11.8 Å². The van der Waals surface area contributed by atoms with Crippen LogP contribution in [0.5, 0.6) is 5.88 Å². The third kappa shape index (κ3) is 6.10. The van der Waals surface area contributed by atoms with E-state index in [-0.39, 0.29) is 12.2 Å². The first-order chi connectivity index (χ1) is 15.1. The average Bonchev–Trinajstić information content (AvgIpc) is 2.78. The zero-order chi connectivity index (χ0) is 21.6. The molecule has 0 bridgehead atoms. The second-order valence-electron chi connectivity index (χ2n) is 9.16. The van der Waals surface area contributed by atoms with Gasteiger partial charge in [0.05, 0.1) is 18.8 Å². The number of aromatic nitrogens is 2. The van der Waals surface area contributed by atoms with E-state index in [2.05, 4.69) is 65.2 Å². The van der Waals surface area contributed by atoms with Gasteiger partial charge in [-0.3, -0.25) is 0 Å². The highest BCUT2D eigenvalue weighted by molar-refractivity contribution is 5.59. The van der Waals surface area contributed by atoms with Gasteiger partial charge < -0.3 is 19.7 Å². The minimum absolute atomic E-state index is 0.249. The van der Waals surface area contributed by atoms with Crippen molar-refractivity contribution < 1.29 is 9.47 Å². The minimum atomic E-state index is 0.249. The van der Waals surface area contributed by atoms with Gasteiger partial charge in [-0.1, -0.05) is 26.2 Å². The van der Waals surface area contributed by atoms with E-state index in [4.69, 9.17) is 9.47 Å². The zero-order valence-electron chi connectivity index (χ0n) is 19.1. The third-order valence-electron chi connectivity index (χ3n) is 6.55. The SMILES string of the molecule is CCC1CCC(COc2ccnc(Nc3ccc(N4C[C@@H](C)O[C@@H](C)C4)cc3)n2)CC1. The van der Waals surface area contributed by atoms with Crippen molar-refractivity contribution in [1.29, 1.82) is 0 Å². The lowest BCUT2D eigenvalue weighted by molar-refractivity contribution is -0.00521. The Bertz CT molecular complexity index is 811. The predicted molar refractivity (Wildman–Crippen MR) is 125 cm³/mol. The number of nitrogens with one attached hydrogen (secondary N) is 1. The second-order valence-corrected chi connectivity index (χ2v) is 9.16. The molecule has 31 heavy (non-hydrogen) atoms. The van der Waals surface area contributed by atoms with Crippen LogP contribution in [0.4, 0.5) is 17.3 Å². The summed E-state index contributed by atoms with van der Waals surface area (Å²) in [6.45, 7) is 9.13. The highest BCUT2D eigenvalue weighted by Crippen LogP contribution is 2.31. The van der Waals surface area contributed by atoms with E-state index >= 15 is 0 Å². The summed E-state index contributed by atoms with van der Waals surface area (Å²) in [7, 11) is 0. The maximum atomic E-state index is 6.00. The molecule has 1 aliphatic carbocycles. The summed E-state index contributed by atoms with van der Waals surface area (Å²) < 4.78 is 11.8. The maximum Gasteiger partial charge on any atom is 0.230 e. The van der Waals surface area contributed by atoms with E-state index in [1.54, 1.807) is 6.20 Å². The molecule has 1 N–H and O–H groups in total. The number of rotatable bonds is 7. The number of anilines is 3. The molecular weight excluding hydrogens is 388 g/mol. The molecule has 168 valence electrons. The van der Waals surface area contributed by atoms with Gasteiger partial charge in [-0.25, -0.2) is 4.98 Å². The van der Waals surface area contributed by atoms with Crippen LogP contribution in [0.15, 0.2) is 36.5 Å². The Labute approximate surface area is 186 Å². The first-order valence-electron chi connectivity index (χ1n) is 11.8. The lowest BCUT2D eigenvalue weighted by Crippen LogP contribution is -2.45. The van der Waals surface area contributed by atoms with Crippen molar-refractivity contribution in [2.45, 2.75) is 65.1 Å². The molecule has 2 heterocycles. The van der Waals surface area contributed by atoms with Crippen molar-refractivity contribution in [2.24, 2.45) is 11.8 Å².